The molecule has 0 fully saturated rings. The number of H-pyrrole nitrogens is 1. The maximum absolute atomic E-state index is 14.3. The number of benzene rings is 2. The standard InChI is InChI=1S/C17H12ClFN2O2/c1-9(21-23)15-16(11-4-2-3-5-13(11)19)12-8-10(18)6-7-14(12)20-17(15)22/h2-8,23H,1H3,(H,20,22)/b21-9+. The van der Waals surface area contributed by atoms with Crippen LogP contribution in [0.3, 0.4) is 0 Å². The van der Waals surface area contributed by atoms with Gasteiger partial charge in [0.25, 0.3) is 5.56 Å². The van der Waals surface area contributed by atoms with E-state index in [2.05, 4.69) is 10.1 Å². The number of nitrogens with one attached hydrogen (secondary N) is 1. The normalized spacial score (nSPS) is 11.9. The summed E-state index contributed by atoms with van der Waals surface area (Å²) in [6, 6.07) is 11.0. The van der Waals surface area contributed by atoms with E-state index < -0.39 is 11.4 Å². The van der Waals surface area contributed by atoms with Gasteiger partial charge in [-0.25, -0.2) is 4.39 Å². The van der Waals surface area contributed by atoms with Gasteiger partial charge in [-0.1, -0.05) is 35.0 Å². The van der Waals surface area contributed by atoms with E-state index >= 15 is 0 Å². The summed E-state index contributed by atoms with van der Waals surface area (Å²) in [5, 5.41) is 13.2. The Morgan fingerprint density at radius 3 is 2.70 bits per heavy atom. The summed E-state index contributed by atoms with van der Waals surface area (Å²) in [6.07, 6.45) is 0. The van der Waals surface area contributed by atoms with E-state index in [4.69, 9.17) is 16.8 Å². The van der Waals surface area contributed by atoms with Crippen molar-refractivity contribution in [3.63, 3.8) is 0 Å². The zero-order valence-electron chi connectivity index (χ0n) is 12.1. The topological polar surface area (TPSA) is 65.5 Å². The molecule has 2 aromatic carbocycles. The van der Waals surface area contributed by atoms with E-state index in [0.717, 1.165) is 0 Å². The second kappa shape index (κ2) is 5.85. The van der Waals surface area contributed by atoms with E-state index in [1.54, 1.807) is 36.4 Å². The van der Waals surface area contributed by atoms with Crippen LogP contribution in [0.5, 0.6) is 0 Å². The first-order valence-corrected chi connectivity index (χ1v) is 7.20. The van der Waals surface area contributed by atoms with Gasteiger partial charge < -0.3 is 10.2 Å². The van der Waals surface area contributed by atoms with E-state index in [-0.39, 0.29) is 16.8 Å². The predicted octanol–water partition coefficient (Wildman–Crippen LogP) is 4.19. The molecule has 0 unspecified atom stereocenters. The molecule has 0 atom stereocenters. The van der Waals surface area contributed by atoms with Gasteiger partial charge >= 0.3 is 0 Å². The van der Waals surface area contributed by atoms with E-state index in [9.17, 15) is 9.18 Å². The third-order valence-electron chi connectivity index (χ3n) is 3.63. The third kappa shape index (κ3) is 2.59. The number of hydrogen-bond donors (Lipinski definition) is 2. The van der Waals surface area contributed by atoms with Gasteiger partial charge in [0.2, 0.25) is 0 Å². The van der Waals surface area contributed by atoms with Crippen LogP contribution in [-0.2, 0) is 0 Å². The van der Waals surface area contributed by atoms with Crippen molar-refractivity contribution < 1.29 is 9.60 Å². The van der Waals surface area contributed by atoms with Crippen LogP contribution in [0, 0.1) is 5.82 Å². The van der Waals surface area contributed by atoms with Crippen molar-refractivity contribution in [2.24, 2.45) is 5.16 Å². The number of fused-ring (bicyclic) bond motifs is 1. The lowest BCUT2D eigenvalue weighted by molar-refractivity contribution is 0.319. The molecule has 116 valence electrons. The van der Waals surface area contributed by atoms with Crippen molar-refractivity contribution in [2.75, 3.05) is 0 Å². The van der Waals surface area contributed by atoms with Crippen molar-refractivity contribution in [2.45, 2.75) is 6.92 Å². The SMILES string of the molecule is C/C(=N\O)c1c(-c2ccccc2F)c2cc(Cl)ccc2[nH]c1=O. The van der Waals surface area contributed by atoms with Gasteiger partial charge in [-0.05, 0) is 31.2 Å². The van der Waals surface area contributed by atoms with Gasteiger partial charge in [0.05, 0.1) is 11.3 Å². The highest BCUT2D eigenvalue weighted by atomic mass is 35.5. The van der Waals surface area contributed by atoms with Crippen molar-refractivity contribution >= 4 is 28.2 Å². The minimum atomic E-state index is -0.480. The highest BCUT2D eigenvalue weighted by Gasteiger charge is 2.19. The molecule has 6 heteroatoms. The van der Waals surface area contributed by atoms with Crippen LogP contribution in [0.15, 0.2) is 52.4 Å². The zero-order valence-corrected chi connectivity index (χ0v) is 12.9. The first kappa shape index (κ1) is 15.2. The highest BCUT2D eigenvalue weighted by Crippen LogP contribution is 2.33. The minimum absolute atomic E-state index is 0.0892. The summed E-state index contributed by atoms with van der Waals surface area (Å²) in [4.78, 5) is 15.1. The van der Waals surface area contributed by atoms with Crippen molar-refractivity contribution in [3.8, 4) is 11.1 Å². The number of aromatic nitrogens is 1. The number of oxime groups is 1. The Morgan fingerprint density at radius 1 is 1.26 bits per heavy atom. The van der Waals surface area contributed by atoms with E-state index in [1.165, 1.54) is 13.0 Å². The number of aromatic amines is 1. The summed E-state index contributed by atoms with van der Waals surface area (Å²) in [7, 11) is 0. The molecule has 0 saturated heterocycles. The van der Waals surface area contributed by atoms with Gasteiger partial charge in [0, 0.05) is 27.1 Å². The monoisotopic (exact) mass is 330 g/mol. The third-order valence-corrected chi connectivity index (χ3v) is 3.87. The van der Waals surface area contributed by atoms with Gasteiger partial charge in [-0.3, -0.25) is 4.79 Å². The van der Waals surface area contributed by atoms with Crippen LogP contribution in [0.1, 0.15) is 12.5 Å². The summed E-state index contributed by atoms with van der Waals surface area (Å²) in [5.74, 6) is -0.480. The summed E-state index contributed by atoms with van der Waals surface area (Å²) < 4.78 is 14.3. The van der Waals surface area contributed by atoms with Gasteiger partial charge in [0.1, 0.15) is 5.82 Å². The second-order valence-electron chi connectivity index (χ2n) is 5.06. The molecule has 1 aromatic heterocycles. The molecule has 0 amide bonds. The molecule has 0 aliphatic rings. The van der Waals surface area contributed by atoms with Crippen molar-refractivity contribution in [1.29, 1.82) is 0 Å². The molecule has 3 aromatic rings. The molecule has 0 aliphatic heterocycles. The summed E-state index contributed by atoms with van der Waals surface area (Å²) in [5.41, 5.74) is 0.836. The first-order chi connectivity index (χ1) is 11.0. The largest absolute Gasteiger partial charge is 0.411 e. The van der Waals surface area contributed by atoms with Gasteiger partial charge in [-0.2, -0.15) is 0 Å². The van der Waals surface area contributed by atoms with E-state index in [1.807, 2.05) is 0 Å². The molecule has 1 heterocycles. The maximum Gasteiger partial charge on any atom is 0.258 e. The smallest absolute Gasteiger partial charge is 0.258 e. The molecular formula is C17H12ClFN2O2. The van der Waals surface area contributed by atoms with Crippen LogP contribution in [0.25, 0.3) is 22.0 Å². The Bertz CT molecular complexity index is 996. The number of rotatable bonds is 2. The molecular weight excluding hydrogens is 319 g/mol. The Morgan fingerprint density at radius 2 is 2.00 bits per heavy atom. The Labute approximate surface area is 135 Å². The van der Waals surface area contributed by atoms with Crippen molar-refractivity contribution in [3.05, 3.63) is 69.2 Å². The zero-order chi connectivity index (χ0) is 16.6. The Hall–Kier alpha value is -2.66. The lowest BCUT2D eigenvalue weighted by atomic mass is 9.94. The number of hydrogen-bond acceptors (Lipinski definition) is 3. The molecule has 23 heavy (non-hydrogen) atoms. The average molecular weight is 331 g/mol. The molecule has 0 radical (unpaired) electrons. The number of pyridine rings is 1. The summed E-state index contributed by atoms with van der Waals surface area (Å²) in [6.45, 7) is 1.48. The molecule has 3 rings (SSSR count). The first-order valence-electron chi connectivity index (χ1n) is 6.82. The molecule has 0 aliphatic carbocycles. The Balaban J connectivity index is 2.57. The minimum Gasteiger partial charge on any atom is -0.411 e. The lowest BCUT2D eigenvalue weighted by Gasteiger charge is -2.13. The van der Waals surface area contributed by atoms with Crippen LogP contribution >= 0.6 is 11.6 Å². The molecule has 4 nitrogen and oxygen atoms in total. The van der Waals surface area contributed by atoms with Crippen molar-refractivity contribution in [1.82, 2.24) is 4.98 Å². The van der Waals surface area contributed by atoms with Crippen LogP contribution < -0.4 is 5.56 Å². The second-order valence-corrected chi connectivity index (χ2v) is 5.50. The fraction of sp³-hybridized carbons (Fsp3) is 0.0588. The van der Waals surface area contributed by atoms with Crippen LogP contribution in [0.4, 0.5) is 4.39 Å². The number of halogens is 2. The van der Waals surface area contributed by atoms with Gasteiger partial charge in [-0.15, -0.1) is 0 Å². The molecule has 0 spiro atoms. The summed E-state index contributed by atoms with van der Waals surface area (Å²) >= 11 is 6.06. The van der Waals surface area contributed by atoms with Crippen LogP contribution in [-0.4, -0.2) is 15.9 Å². The van der Waals surface area contributed by atoms with E-state index in [0.29, 0.717) is 21.5 Å². The number of nitrogens with zero attached hydrogens (tertiary/aromatic N) is 1. The van der Waals surface area contributed by atoms with Crippen LogP contribution in [0.2, 0.25) is 5.02 Å². The lowest BCUT2D eigenvalue weighted by Crippen LogP contribution is -2.19. The fourth-order valence-electron chi connectivity index (χ4n) is 2.60. The molecule has 2 N–H and O–H groups in total. The molecule has 0 saturated carbocycles. The quantitative estimate of drug-likeness (QED) is 0.420. The average Bonchev–Trinajstić information content (AvgIpc) is 2.54. The van der Waals surface area contributed by atoms with Gasteiger partial charge in [0.15, 0.2) is 0 Å². The predicted molar refractivity (Wildman–Crippen MR) is 89.0 cm³/mol. The Kier molecular flexibility index (Phi) is 3.88. The molecule has 0 bridgehead atoms. The fourth-order valence-corrected chi connectivity index (χ4v) is 2.78. The highest BCUT2D eigenvalue weighted by molar-refractivity contribution is 6.31. The maximum atomic E-state index is 14.3.